The van der Waals surface area contributed by atoms with Gasteiger partial charge in [0.1, 0.15) is 5.82 Å². The van der Waals surface area contributed by atoms with Gasteiger partial charge < -0.3 is 15.2 Å². The van der Waals surface area contributed by atoms with Gasteiger partial charge in [-0.2, -0.15) is 8.78 Å². The van der Waals surface area contributed by atoms with Crippen molar-refractivity contribution in [2.24, 2.45) is 0 Å². The lowest BCUT2D eigenvalue weighted by atomic mass is 10.1. The number of nitrogens with zero attached hydrogens (tertiary/aromatic N) is 2. The van der Waals surface area contributed by atoms with Gasteiger partial charge in [-0.05, 0) is 43.2 Å². The van der Waals surface area contributed by atoms with Crippen molar-refractivity contribution in [1.82, 2.24) is 9.97 Å². The molecule has 0 amide bonds. The Morgan fingerprint density at radius 2 is 1.93 bits per heavy atom. The van der Waals surface area contributed by atoms with Crippen LogP contribution in [0, 0.1) is 6.92 Å². The zero-order valence-electron chi connectivity index (χ0n) is 15.8. The fourth-order valence-corrected chi connectivity index (χ4v) is 3.63. The highest BCUT2D eigenvalue weighted by Crippen LogP contribution is 2.34. The number of ether oxygens (including phenoxy) is 1. The number of alkyl halides is 2. The average Bonchev–Trinajstić information content (AvgIpc) is 3.10. The highest BCUT2D eigenvalue weighted by Gasteiger charge is 2.15. The standard InChI is InChI=1S/C20H19F2N3O3S/c1-3-14-11(2)23-19(15-8-9-17(29-15)28-20(21)22)25-18(14)24-13-6-4-12(5-7-13)10-16(26)27/h4-9,20H,3,10H2,1-2H3,(H,26,27)(H,23,24,25). The molecule has 6 nitrogen and oxygen atoms in total. The van der Waals surface area contributed by atoms with E-state index >= 15 is 0 Å². The van der Waals surface area contributed by atoms with E-state index in [-0.39, 0.29) is 11.5 Å². The van der Waals surface area contributed by atoms with Crippen LogP contribution in [0.25, 0.3) is 10.7 Å². The van der Waals surface area contributed by atoms with E-state index in [9.17, 15) is 13.6 Å². The monoisotopic (exact) mass is 419 g/mol. The third-order valence-corrected chi connectivity index (χ3v) is 5.12. The zero-order valence-corrected chi connectivity index (χ0v) is 16.6. The SMILES string of the molecule is CCc1c(C)nc(-c2ccc(OC(F)F)s2)nc1Nc1ccc(CC(=O)O)cc1. The lowest BCUT2D eigenvalue weighted by Gasteiger charge is -2.14. The molecule has 2 N–H and O–H groups in total. The molecule has 0 aliphatic rings. The van der Waals surface area contributed by atoms with Crippen molar-refractivity contribution in [2.45, 2.75) is 33.3 Å². The largest absolute Gasteiger partial charge is 0.481 e. The molecule has 0 unspecified atom stereocenters. The Morgan fingerprint density at radius 1 is 1.21 bits per heavy atom. The summed E-state index contributed by atoms with van der Waals surface area (Å²) in [6.07, 6.45) is 0.661. The van der Waals surface area contributed by atoms with E-state index < -0.39 is 12.6 Å². The topological polar surface area (TPSA) is 84.3 Å². The lowest BCUT2D eigenvalue weighted by Crippen LogP contribution is -2.05. The van der Waals surface area contributed by atoms with Crippen molar-refractivity contribution < 1.29 is 23.4 Å². The summed E-state index contributed by atoms with van der Waals surface area (Å²) in [5.41, 5.74) is 3.17. The average molecular weight is 419 g/mol. The number of rotatable bonds is 8. The Balaban J connectivity index is 1.89. The zero-order chi connectivity index (χ0) is 21.0. The van der Waals surface area contributed by atoms with E-state index in [0.717, 1.165) is 28.3 Å². The molecule has 1 aromatic carbocycles. The minimum Gasteiger partial charge on any atom is -0.481 e. The normalized spacial score (nSPS) is 10.9. The van der Waals surface area contributed by atoms with Gasteiger partial charge >= 0.3 is 12.6 Å². The van der Waals surface area contributed by atoms with Gasteiger partial charge in [-0.1, -0.05) is 30.4 Å². The highest BCUT2D eigenvalue weighted by atomic mass is 32.1. The Labute approximate surface area is 170 Å². The molecule has 0 aliphatic heterocycles. The predicted molar refractivity (Wildman–Crippen MR) is 107 cm³/mol. The highest BCUT2D eigenvalue weighted by molar-refractivity contribution is 7.17. The van der Waals surface area contributed by atoms with Crippen molar-refractivity contribution in [1.29, 1.82) is 0 Å². The molecule has 2 aromatic heterocycles. The Hall–Kier alpha value is -3.07. The summed E-state index contributed by atoms with van der Waals surface area (Å²) in [6.45, 7) is 0.981. The minimum absolute atomic E-state index is 0.0430. The van der Waals surface area contributed by atoms with Gasteiger partial charge in [-0.25, -0.2) is 9.97 Å². The summed E-state index contributed by atoms with van der Waals surface area (Å²) in [4.78, 5) is 20.5. The number of aryl methyl sites for hydroxylation is 1. The van der Waals surface area contributed by atoms with Crippen molar-refractivity contribution >= 4 is 28.8 Å². The van der Waals surface area contributed by atoms with E-state index in [1.54, 1.807) is 30.3 Å². The summed E-state index contributed by atoms with van der Waals surface area (Å²) in [6, 6.07) is 10.2. The van der Waals surface area contributed by atoms with Gasteiger partial charge in [-0.15, -0.1) is 0 Å². The number of carboxylic acids is 1. The van der Waals surface area contributed by atoms with Gasteiger partial charge in [-0.3, -0.25) is 4.79 Å². The molecule has 152 valence electrons. The van der Waals surface area contributed by atoms with Crippen LogP contribution in [-0.4, -0.2) is 27.7 Å². The molecular weight excluding hydrogens is 400 g/mol. The van der Waals surface area contributed by atoms with Crippen LogP contribution in [0.3, 0.4) is 0 Å². The van der Waals surface area contributed by atoms with Crippen LogP contribution in [-0.2, 0) is 17.6 Å². The number of hydrogen-bond donors (Lipinski definition) is 2. The first-order valence-corrected chi connectivity index (χ1v) is 9.67. The molecular formula is C20H19F2N3O3S. The first kappa shape index (κ1) is 20.7. The second kappa shape index (κ2) is 8.95. The maximum Gasteiger partial charge on any atom is 0.388 e. The van der Waals surface area contributed by atoms with Crippen LogP contribution < -0.4 is 10.1 Å². The van der Waals surface area contributed by atoms with Crippen LogP contribution in [0.5, 0.6) is 5.06 Å². The second-order valence-corrected chi connectivity index (χ2v) is 7.25. The molecule has 3 rings (SSSR count). The number of halogens is 2. The molecule has 3 aromatic rings. The van der Waals surface area contributed by atoms with Gasteiger partial charge in [0.15, 0.2) is 10.9 Å². The molecule has 2 heterocycles. The number of hydrogen-bond acceptors (Lipinski definition) is 6. The van der Waals surface area contributed by atoms with Gasteiger partial charge in [0.05, 0.1) is 11.3 Å². The molecule has 0 bridgehead atoms. The molecule has 0 atom stereocenters. The first-order valence-electron chi connectivity index (χ1n) is 8.86. The summed E-state index contributed by atoms with van der Waals surface area (Å²) < 4.78 is 29.2. The Kier molecular flexibility index (Phi) is 6.38. The number of benzene rings is 1. The molecule has 0 saturated carbocycles. The third kappa shape index (κ3) is 5.26. The lowest BCUT2D eigenvalue weighted by molar-refractivity contribution is -0.136. The number of aliphatic carboxylic acids is 1. The number of carbonyl (C=O) groups is 1. The van der Waals surface area contributed by atoms with Crippen molar-refractivity contribution in [2.75, 3.05) is 5.32 Å². The molecule has 0 saturated heterocycles. The minimum atomic E-state index is -2.88. The van der Waals surface area contributed by atoms with Crippen molar-refractivity contribution in [3.63, 3.8) is 0 Å². The van der Waals surface area contributed by atoms with E-state index in [4.69, 9.17) is 5.11 Å². The second-order valence-electron chi connectivity index (χ2n) is 6.20. The number of nitrogens with one attached hydrogen (secondary N) is 1. The van der Waals surface area contributed by atoms with Crippen molar-refractivity contribution in [3.8, 4) is 15.8 Å². The van der Waals surface area contributed by atoms with E-state index in [0.29, 0.717) is 28.5 Å². The molecule has 29 heavy (non-hydrogen) atoms. The summed E-state index contributed by atoms with van der Waals surface area (Å²) >= 11 is 1.05. The van der Waals surface area contributed by atoms with Gasteiger partial charge in [0.2, 0.25) is 0 Å². The first-order chi connectivity index (χ1) is 13.9. The predicted octanol–water partition coefficient (Wildman–Crippen LogP) is 5.05. The van der Waals surface area contributed by atoms with Crippen LogP contribution in [0.2, 0.25) is 0 Å². The molecule has 0 spiro atoms. The van der Waals surface area contributed by atoms with Gasteiger partial charge in [0, 0.05) is 16.9 Å². The maximum atomic E-state index is 12.4. The summed E-state index contributed by atoms with van der Waals surface area (Å²) in [5, 5.41) is 12.2. The molecule has 9 heteroatoms. The summed E-state index contributed by atoms with van der Waals surface area (Å²) in [7, 11) is 0. The number of thiophene rings is 1. The van der Waals surface area contributed by atoms with Crippen LogP contribution in [0.15, 0.2) is 36.4 Å². The van der Waals surface area contributed by atoms with E-state index in [1.807, 2.05) is 13.8 Å². The van der Waals surface area contributed by atoms with E-state index in [2.05, 4.69) is 20.0 Å². The maximum absolute atomic E-state index is 12.4. The smallest absolute Gasteiger partial charge is 0.388 e. The number of anilines is 2. The third-order valence-electron chi connectivity index (χ3n) is 4.15. The quantitative estimate of drug-likeness (QED) is 0.532. The van der Waals surface area contributed by atoms with Crippen molar-refractivity contribution in [3.05, 3.63) is 53.2 Å². The fourth-order valence-electron chi connectivity index (χ4n) is 2.84. The van der Waals surface area contributed by atoms with Crippen LogP contribution in [0.4, 0.5) is 20.3 Å². The Bertz CT molecular complexity index is 1010. The fraction of sp³-hybridized carbons (Fsp3) is 0.250. The summed E-state index contributed by atoms with van der Waals surface area (Å²) in [5.74, 6) is 0.144. The number of carboxylic acid groups (broad SMARTS) is 1. The Morgan fingerprint density at radius 3 is 2.55 bits per heavy atom. The van der Waals surface area contributed by atoms with Gasteiger partial charge in [0.25, 0.3) is 0 Å². The van der Waals surface area contributed by atoms with E-state index in [1.165, 1.54) is 6.07 Å². The molecule has 0 radical (unpaired) electrons. The van der Waals surface area contributed by atoms with Crippen LogP contribution >= 0.6 is 11.3 Å². The van der Waals surface area contributed by atoms with Crippen LogP contribution in [0.1, 0.15) is 23.7 Å². The number of aromatic nitrogens is 2. The molecule has 0 fully saturated rings. The molecule has 0 aliphatic carbocycles.